The third kappa shape index (κ3) is 4.11. The number of aromatic nitrogens is 5. The van der Waals surface area contributed by atoms with Crippen LogP contribution in [-0.4, -0.2) is 24.4 Å². The van der Waals surface area contributed by atoms with Gasteiger partial charge in [-0.1, -0.05) is 65.9 Å². The van der Waals surface area contributed by atoms with Crippen LogP contribution < -0.4 is 15.7 Å². The summed E-state index contributed by atoms with van der Waals surface area (Å²) in [4.78, 5) is 31.2. The third-order valence-electron chi connectivity index (χ3n) is 5.47. The van der Waals surface area contributed by atoms with Crippen LogP contribution in [0.4, 0.5) is 0 Å². The van der Waals surface area contributed by atoms with Crippen LogP contribution in [-0.2, 0) is 6.42 Å². The molecule has 0 atom stereocenters. The number of fused-ring (bicyclic) bond motifs is 1. The lowest BCUT2D eigenvalue weighted by Crippen LogP contribution is -2.28. The van der Waals surface area contributed by atoms with E-state index in [4.69, 9.17) is 5.10 Å². The predicted molar refractivity (Wildman–Crippen MR) is 138 cm³/mol. The zero-order valence-corrected chi connectivity index (χ0v) is 19.9. The fraction of sp³-hybridized carbons (Fsp3) is 0.0385. The van der Waals surface area contributed by atoms with Crippen molar-refractivity contribution in [2.24, 2.45) is 0 Å². The first-order chi connectivity index (χ1) is 17.2. The predicted octanol–water partition coefficient (Wildman–Crippen LogP) is 3.56. The maximum Gasteiger partial charge on any atom is 0.296 e. The molecule has 0 fully saturated rings. The minimum atomic E-state index is -0.419. The Morgan fingerprint density at radius 3 is 2.40 bits per heavy atom. The van der Waals surface area contributed by atoms with Crippen LogP contribution in [0, 0.1) is 0 Å². The van der Waals surface area contributed by atoms with Gasteiger partial charge in [0, 0.05) is 18.2 Å². The molecule has 2 aromatic carbocycles. The quantitative estimate of drug-likeness (QED) is 0.365. The van der Waals surface area contributed by atoms with Gasteiger partial charge in [0.25, 0.3) is 11.1 Å². The summed E-state index contributed by atoms with van der Waals surface area (Å²) in [5, 5.41) is 11.1. The largest absolute Gasteiger partial charge is 0.296 e. The molecule has 35 heavy (non-hydrogen) atoms. The number of nitrogens with zero attached hydrogens (tertiary/aromatic N) is 5. The number of para-hydroxylation sites is 1. The molecule has 0 radical (unpaired) electrons. The minimum absolute atomic E-state index is 0.242. The molecule has 0 aliphatic rings. The Bertz CT molecular complexity index is 1810. The van der Waals surface area contributed by atoms with Gasteiger partial charge >= 0.3 is 0 Å². The smallest absolute Gasteiger partial charge is 0.266 e. The van der Waals surface area contributed by atoms with E-state index >= 15 is 0 Å². The van der Waals surface area contributed by atoms with E-state index in [0.29, 0.717) is 11.0 Å². The summed E-state index contributed by atoms with van der Waals surface area (Å²) in [5.41, 5.74) is 2.94. The van der Waals surface area contributed by atoms with Crippen molar-refractivity contribution in [3.05, 3.63) is 126 Å². The van der Waals surface area contributed by atoms with Gasteiger partial charge < -0.3 is 0 Å². The number of thiophene rings is 1. The van der Waals surface area contributed by atoms with E-state index in [2.05, 4.69) is 10.1 Å². The highest BCUT2D eigenvalue weighted by Gasteiger charge is 2.15. The van der Waals surface area contributed by atoms with E-state index < -0.39 is 5.56 Å². The summed E-state index contributed by atoms with van der Waals surface area (Å²) < 4.78 is 3.46. The fourth-order valence-electron chi connectivity index (χ4n) is 3.79. The number of benzene rings is 2. The van der Waals surface area contributed by atoms with E-state index in [-0.39, 0.29) is 16.2 Å². The molecule has 9 heteroatoms. The lowest BCUT2D eigenvalue weighted by Gasteiger charge is -1.99. The molecule has 0 bridgehead atoms. The molecule has 6 rings (SSSR count). The van der Waals surface area contributed by atoms with Crippen molar-refractivity contribution < 1.29 is 0 Å². The molecule has 0 saturated heterocycles. The maximum absolute atomic E-state index is 13.2. The lowest BCUT2D eigenvalue weighted by molar-refractivity contribution is 0.811. The average Bonchev–Trinajstić information content (AvgIpc) is 3.62. The van der Waals surface area contributed by atoms with Crippen molar-refractivity contribution in [1.29, 1.82) is 0 Å². The van der Waals surface area contributed by atoms with Gasteiger partial charge in [-0.3, -0.25) is 9.59 Å². The molecule has 0 saturated carbocycles. The van der Waals surface area contributed by atoms with Crippen molar-refractivity contribution >= 4 is 33.7 Å². The Labute approximate surface area is 206 Å². The third-order valence-corrected chi connectivity index (χ3v) is 7.30. The van der Waals surface area contributed by atoms with Crippen molar-refractivity contribution in [1.82, 2.24) is 24.4 Å². The Kier molecular flexibility index (Phi) is 5.40. The summed E-state index contributed by atoms with van der Waals surface area (Å²) in [6, 6.07) is 23.3. The molecule has 0 N–H and O–H groups in total. The second-order valence-electron chi connectivity index (χ2n) is 7.83. The molecule has 170 valence electrons. The molecule has 6 aromatic rings. The highest BCUT2D eigenvalue weighted by Crippen LogP contribution is 2.28. The van der Waals surface area contributed by atoms with Gasteiger partial charge in [0.05, 0.1) is 15.1 Å². The first kappa shape index (κ1) is 21.3. The first-order valence-electron chi connectivity index (χ1n) is 10.8. The van der Waals surface area contributed by atoms with Gasteiger partial charge in [0.2, 0.25) is 4.96 Å². The monoisotopic (exact) mass is 495 g/mol. The van der Waals surface area contributed by atoms with Gasteiger partial charge in [-0.25, -0.2) is 4.68 Å². The van der Waals surface area contributed by atoms with E-state index in [1.54, 1.807) is 22.1 Å². The molecule has 4 aromatic heterocycles. The first-order valence-corrected chi connectivity index (χ1v) is 12.5. The van der Waals surface area contributed by atoms with E-state index in [9.17, 15) is 9.59 Å². The van der Waals surface area contributed by atoms with Crippen LogP contribution >= 0.6 is 22.7 Å². The summed E-state index contributed by atoms with van der Waals surface area (Å²) in [6.07, 6.45) is 4.02. The SMILES string of the molecule is O=c1nc2s/c(=C/c3cn(-c4ccccc4)nc3-c3cccs3)c(=O)n2nc1Cc1ccccc1. The van der Waals surface area contributed by atoms with Crippen molar-refractivity contribution in [3.63, 3.8) is 0 Å². The van der Waals surface area contributed by atoms with Crippen LogP contribution in [0.15, 0.2) is 94.0 Å². The van der Waals surface area contributed by atoms with Crippen molar-refractivity contribution in [2.45, 2.75) is 6.42 Å². The van der Waals surface area contributed by atoms with E-state index in [0.717, 1.165) is 38.7 Å². The molecule has 0 unspecified atom stereocenters. The lowest BCUT2D eigenvalue weighted by atomic mass is 10.1. The average molecular weight is 496 g/mol. The molecule has 4 heterocycles. The van der Waals surface area contributed by atoms with Gasteiger partial charge in [0.1, 0.15) is 11.4 Å². The van der Waals surface area contributed by atoms with Gasteiger partial charge in [-0.15, -0.1) is 11.3 Å². The van der Waals surface area contributed by atoms with Crippen LogP contribution in [0.1, 0.15) is 16.8 Å². The molecule has 0 aliphatic heterocycles. The van der Waals surface area contributed by atoms with Crippen LogP contribution in [0.5, 0.6) is 0 Å². The Morgan fingerprint density at radius 2 is 1.66 bits per heavy atom. The Hall–Kier alpha value is -4.21. The number of hydrogen-bond acceptors (Lipinski definition) is 7. The summed E-state index contributed by atoms with van der Waals surface area (Å²) in [5.74, 6) is 0. The molecular formula is C26H17N5O2S2. The number of thiazole rings is 1. The number of hydrogen-bond donors (Lipinski definition) is 0. The minimum Gasteiger partial charge on any atom is -0.266 e. The molecule has 0 amide bonds. The molecule has 0 aliphatic carbocycles. The van der Waals surface area contributed by atoms with Crippen LogP contribution in [0.3, 0.4) is 0 Å². The van der Waals surface area contributed by atoms with Gasteiger partial charge in [-0.05, 0) is 35.2 Å². The second kappa shape index (κ2) is 8.86. The summed E-state index contributed by atoms with van der Waals surface area (Å²) in [6.45, 7) is 0. The molecular weight excluding hydrogens is 478 g/mol. The van der Waals surface area contributed by atoms with Crippen LogP contribution in [0.25, 0.3) is 27.3 Å². The van der Waals surface area contributed by atoms with E-state index in [1.807, 2.05) is 84.4 Å². The van der Waals surface area contributed by atoms with Crippen molar-refractivity contribution in [3.8, 4) is 16.3 Å². The Balaban J connectivity index is 1.49. The van der Waals surface area contributed by atoms with Crippen LogP contribution in [0.2, 0.25) is 0 Å². The summed E-state index contributed by atoms with van der Waals surface area (Å²) in [7, 11) is 0. The maximum atomic E-state index is 13.2. The highest BCUT2D eigenvalue weighted by molar-refractivity contribution is 7.15. The topological polar surface area (TPSA) is 82.1 Å². The number of rotatable bonds is 5. The van der Waals surface area contributed by atoms with Gasteiger partial charge in [0.15, 0.2) is 0 Å². The zero-order chi connectivity index (χ0) is 23.8. The van der Waals surface area contributed by atoms with Gasteiger partial charge in [-0.2, -0.15) is 19.7 Å². The molecule has 0 spiro atoms. The highest BCUT2D eigenvalue weighted by atomic mass is 32.1. The molecule has 7 nitrogen and oxygen atoms in total. The normalized spacial score (nSPS) is 11.9. The standard InChI is InChI=1S/C26H17N5O2S2/c32-24-20(14-17-8-3-1-4-9-17)28-31-25(33)22(35-26(31)27-24)15-18-16-30(19-10-5-2-6-11-19)29-23(18)21-12-7-13-34-21/h1-13,15-16H,14H2/b22-15+. The zero-order valence-electron chi connectivity index (χ0n) is 18.2. The summed E-state index contributed by atoms with van der Waals surface area (Å²) >= 11 is 2.73. The van der Waals surface area contributed by atoms with E-state index in [1.165, 1.54) is 4.52 Å². The Morgan fingerprint density at radius 1 is 0.886 bits per heavy atom. The fourth-order valence-corrected chi connectivity index (χ4v) is 5.42. The van der Waals surface area contributed by atoms with Crippen molar-refractivity contribution in [2.75, 3.05) is 0 Å². The second-order valence-corrected chi connectivity index (χ2v) is 9.78.